The van der Waals surface area contributed by atoms with Gasteiger partial charge in [0.2, 0.25) is 11.8 Å². The fourth-order valence-electron chi connectivity index (χ4n) is 2.64. The Morgan fingerprint density at radius 1 is 1.59 bits per heavy atom. The van der Waals surface area contributed by atoms with Gasteiger partial charge in [0.25, 0.3) is 0 Å². The van der Waals surface area contributed by atoms with E-state index in [-0.39, 0.29) is 42.7 Å². The fourth-order valence-corrected chi connectivity index (χ4v) is 2.64. The molecule has 2 N–H and O–H groups in total. The summed E-state index contributed by atoms with van der Waals surface area (Å²) in [5, 5.41) is 12.3. The Morgan fingerprint density at radius 2 is 2.36 bits per heavy atom. The van der Waals surface area contributed by atoms with Crippen LogP contribution in [-0.4, -0.2) is 41.0 Å². The first-order valence-corrected chi connectivity index (χ1v) is 7.76. The van der Waals surface area contributed by atoms with E-state index in [1.54, 1.807) is 17.2 Å². The molecule has 1 saturated heterocycles. The van der Waals surface area contributed by atoms with Crippen molar-refractivity contribution in [2.45, 2.75) is 39.3 Å². The molecule has 0 spiro atoms. The van der Waals surface area contributed by atoms with Crippen LogP contribution < -0.4 is 5.32 Å². The molecule has 6 heteroatoms. The van der Waals surface area contributed by atoms with Crippen LogP contribution in [-0.2, 0) is 16.1 Å². The summed E-state index contributed by atoms with van der Waals surface area (Å²) in [5.74, 6) is 0.350. The first-order valence-electron chi connectivity index (χ1n) is 7.76. The first-order chi connectivity index (χ1) is 10.5. The Kier molecular flexibility index (Phi) is 5.60. The summed E-state index contributed by atoms with van der Waals surface area (Å²) in [6.45, 7) is 4.71. The summed E-state index contributed by atoms with van der Waals surface area (Å²) in [7, 11) is 0. The van der Waals surface area contributed by atoms with E-state index in [1.807, 2.05) is 19.9 Å². The van der Waals surface area contributed by atoms with Gasteiger partial charge in [-0.3, -0.25) is 9.59 Å². The molecule has 1 aliphatic heterocycles. The molecule has 0 unspecified atom stereocenters. The minimum atomic E-state index is -0.361. The standard InChI is InChI=1S/C16H24N2O4/c1-3-11(2)14(10-19)17-16(21)12-7-15(20)18(8-12)9-13-5-4-6-22-13/h4-6,11-12,14,19H,3,7-10H2,1-2H3,(H,17,21)/t11-,12-,14-/m1/s1. The third kappa shape index (κ3) is 3.88. The van der Waals surface area contributed by atoms with Crippen molar-refractivity contribution in [3.63, 3.8) is 0 Å². The molecule has 6 nitrogen and oxygen atoms in total. The molecule has 1 aromatic rings. The molecule has 1 aromatic heterocycles. The molecule has 3 atom stereocenters. The molecule has 2 rings (SSSR count). The van der Waals surface area contributed by atoms with E-state index in [2.05, 4.69) is 5.32 Å². The fraction of sp³-hybridized carbons (Fsp3) is 0.625. The van der Waals surface area contributed by atoms with E-state index in [1.165, 1.54) is 0 Å². The van der Waals surface area contributed by atoms with Gasteiger partial charge in [-0.05, 0) is 18.1 Å². The van der Waals surface area contributed by atoms with Gasteiger partial charge in [-0.25, -0.2) is 0 Å². The number of carbonyl (C=O) groups is 2. The van der Waals surface area contributed by atoms with Crippen LogP contribution in [0, 0.1) is 11.8 Å². The van der Waals surface area contributed by atoms with Crippen molar-refractivity contribution in [2.75, 3.05) is 13.2 Å². The van der Waals surface area contributed by atoms with Crippen LogP contribution in [0.15, 0.2) is 22.8 Å². The number of amides is 2. The lowest BCUT2D eigenvalue weighted by Gasteiger charge is -2.23. The maximum absolute atomic E-state index is 12.3. The Morgan fingerprint density at radius 3 is 2.95 bits per heavy atom. The van der Waals surface area contributed by atoms with E-state index in [4.69, 9.17) is 4.42 Å². The van der Waals surface area contributed by atoms with E-state index in [0.717, 1.165) is 6.42 Å². The predicted molar refractivity (Wildman–Crippen MR) is 80.7 cm³/mol. The summed E-state index contributed by atoms with van der Waals surface area (Å²) < 4.78 is 5.24. The van der Waals surface area contributed by atoms with Gasteiger partial charge in [0.05, 0.1) is 31.4 Å². The van der Waals surface area contributed by atoms with E-state index >= 15 is 0 Å². The average molecular weight is 308 g/mol. The van der Waals surface area contributed by atoms with Crippen molar-refractivity contribution in [2.24, 2.45) is 11.8 Å². The Balaban J connectivity index is 1.90. The Hall–Kier alpha value is -1.82. The molecule has 2 heterocycles. The molecule has 122 valence electrons. The molecule has 0 aromatic carbocycles. The second kappa shape index (κ2) is 7.45. The summed E-state index contributed by atoms with van der Waals surface area (Å²) in [4.78, 5) is 26.0. The first kappa shape index (κ1) is 16.5. The average Bonchev–Trinajstić information content (AvgIpc) is 3.14. The van der Waals surface area contributed by atoms with Crippen molar-refractivity contribution in [1.29, 1.82) is 0 Å². The van der Waals surface area contributed by atoms with Gasteiger partial charge in [-0.2, -0.15) is 0 Å². The highest BCUT2D eigenvalue weighted by molar-refractivity contribution is 5.89. The van der Waals surface area contributed by atoms with Crippen LogP contribution in [0.25, 0.3) is 0 Å². The number of carbonyl (C=O) groups excluding carboxylic acids is 2. The highest BCUT2D eigenvalue weighted by Gasteiger charge is 2.35. The number of hydrogen-bond donors (Lipinski definition) is 2. The van der Waals surface area contributed by atoms with Crippen molar-refractivity contribution in [1.82, 2.24) is 10.2 Å². The molecule has 0 saturated carbocycles. The zero-order valence-electron chi connectivity index (χ0n) is 13.1. The zero-order chi connectivity index (χ0) is 16.1. The molecule has 0 aliphatic carbocycles. The second-order valence-corrected chi connectivity index (χ2v) is 5.94. The van der Waals surface area contributed by atoms with Gasteiger partial charge in [0.15, 0.2) is 0 Å². The molecule has 1 aliphatic rings. The molecule has 1 fully saturated rings. The van der Waals surface area contributed by atoms with Crippen molar-refractivity contribution in [3.8, 4) is 0 Å². The second-order valence-electron chi connectivity index (χ2n) is 5.94. The maximum atomic E-state index is 12.3. The topological polar surface area (TPSA) is 82.8 Å². The van der Waals surface area contributed by atoms with E-state index in [0.29, 0.717) is 18.8 Å². The van der Waals surface area contributed by atoms with Crippen molar-refractivity contribution >= 4 is 11.8 Å². The SMILES string of the molecule is CC[C@@H](C)[C@@H](CO)NC(=O)[C@@H]1CC(=O)N(Cc2ccco2)C1. The molecule has 0 radical (unpaired) electrons. The molecule has 0 bridgehead atoms. The third-order valence-corrected chi connectivity index (χ3v) is 4.37. The van der Waals surface area contributed by atoms with Crippen LogP contribution in [0.3, 0.4) is 0 Å². The van der Waals surface area contributed by atoms with Gasteiger partial charge in [-0.1, -0.05) is 20.3 Å². The van der Waals surface area contributed by atoms with Crippen LogP contribution in [0.1, 0.15) is 32.4 Å². The van der Waals surface area contributed by atoms with Crippen LogP contribution in [0.2, 0.25) is 0 Å². The lowest BCUT2D eigenvalue weighted by molar-refractivity contribution is -0.129. The van der Waals surface area contributed by atoms with Crippen LogP contribution >= 0.6 is 0 Å². The monoisotopic (exact) mass is 308 g/mol. The molecular formula is C16H24N2O4. The van der Waals surface area contributed by atoms with Gasteiger partial charge >= 0.3 is 0 Å². The largest absolute Gasteiger partial charge is 0.467 e. The lowest BCUT2D eigenvalue weighted by atomic mass is 9.98. The number of aliphatic hydroxyl groups is 1. The van der Waals surface area contributed by atoms with Crippen LogP contribution in [0.4, 0.5) is 0 Å². The number of nitrogens with zero attached hydrogens (tertiary/aromatic N) is 1. The number of rotatable bonds is 7. The summed E-state index contributed by atoms with van der Waals surface area (Å²) >= 11 is 0. The lowest BCUT2D eigenvalue weighted by Crippen LogP contribution is -2.45. The van der Waals surface area contributed by atoms with Gasteiger partial charge in [0, 0.05) is 13.0 Å². The van der Waals surface area contributed by atoms with E-state index < -0.39 is 0 Å². The van der Waals surface area contributed by atoms with Gasteiger partial charge in [-0.15, -0.1) is 0 Å². The Bertz CT molecular complexity index is 500. The minimum Gasteiger partial charge on any atom is -0.467 e. The normalized spacial score (nSPS) is 21.0. The number of nitrogens with one attached hydrogen (secondary N) is 1. The quantitative estimate of drug-likeness (QED) is 0.791. The van der Waals surface area contributed by atoms with Gasteiger partial charge < -0.3 is 19.7 Å². The van der Waals surface area contributed by atoms with Gasteiger partial charge in [0.1, 0.15) is 5.76 Å². The highest BCUT2D eigenvalue weighted by atomic mass is 16.3. The number of likely N-dealkylation sites (tertiary alicyclic amines) is 1. The maximum Gasteiger partial charge on any atom is 0.225 e. The molecule has 2 amide bonds. The minimum absolute atomic E-state index is 0.0411. The summed E-state index contributed by atoms with van der Waals surface area (Å²) in [6.07, 6.45) is 2.66. The molecule has 22 heavy (non-hydrogen) atoms. The number of hydrogen-bond acceptors (Lipinski definition) is 4. The predicted octanol–water partition coefficient (Wildman–Crippen LogP) is 1.15. The smallest absolute Gasteiger partial charge is 0.225 e. The third-order valence-electron chi connectivity index (χ3n) is 4.37. The van der Waals surface area contributed by atoms with Crippen LogP contribution in [0.5, 0.6) is 0 Å². The molecular weight excluding hydrogens is 284 g/mol. The number of furan rings is 1. The van der Waals surface area contributed by atoms with Crippen molar-refractivity contribution < 1.29 is 19.1 Å². The zero-order valence-corrected chi connectivity index (χ0v) is 13.1. The Labute approximate surface area is 130 Å². The summed E-state index contributed by atoms with van der Waals surface area (Å²) in [5.41, 5.74) is 0. The van der Waals surface area contributed by atoms with Crippen molar-refractivity contribution in [3.05, 3.63) is 24.2 Å². The number of aliphatic hydroxyl groups excluding tert-OH is 1. The van der Waals surface area contributed by atoms with E-state index in [9.17, 15) is 14.7 Å². The summed E-state index contributed by atoms with van der Waals surface area (Å²) in [6, 6.07) is 3.33. The highest BCUT2D eigenvalue weighted by Crippen LogP contribution is 2.21.